The second kappa shape index (κ2) is 8.17. The summed E-state index contributed by atoms with van der Waals surface area (Å²) in [5.41, 5.74) is 0.359. The molecule has 19 heavy (non-hydrogen) atoms. The summed E-state index contributed by atoms with van der Waals surface area (Å²) in [7, 11) is 0. The van der Waals surface area contributed by atoms with Crippen molar-refractivity contribution in [2.45, 2.75) is 0 Å². The predicted octanol–water partition coefficient (Wildman–Crippen LogP) is 2.79. The van der Waals surface area contributed by atoms with E-state index in [1.165, 1.54) is 0 Å². The molecule has 0 fully saturated rings. The number of rotatable bonds is 2. The van der Waals surface area contributed by atoms with Crippen LogP contribution in [0.5, 0.6) is 0 Å². The third kappa shape index (κ3) is 5.02. The van der Waals surface area contributed by atoms with Gasteiger partial charge in [0.1, 0.15) is 0 Å². The van der Waals surface area contributed by atoms with Crippen molar-refractivity contribution in [3.63, 3.8) is 0 Å². The van der Waals surface area contributed by atoms with E-state index < -0.39 is 11.9 Å². The molecule has 0 radical (unpaired) electrons. The van der Waals surface area contributed by atoms with Crippen LogP contribution in [0, 0.1) is 0 Å². The molecule has 0 spiro atoms. The SMILES string of the molecule is C=CC(=O)O.O=C(O)c1cccc2ccccc12.[Zn]. The topological polar surface area (TPSA) is 74.6 Å². The van der Waals surface area contributed by atoms with Gasteiger partial charge in [0.05, 0.1) is 5.56 Å². The molecule has 4 nitrogen and oxygen atoms in total. The molecule has 0 amide bonds. The Bertz CT molecular complexity index is 588. The Morgan fingerprint density at radius 2 is 1.53 bits per heavy atom. The predicted molar refractivity (Wildman–Crippen MR) is 68.7 cm³/mol. The van der Waals surface area contributed by atoms with Crippen molar-refractivity contribution in [1.29, 1.82) is 0 Å². The molecule has 0 aromatic heterocycles. The second-order valence-electron chi connectivity index (χ2n) is 3.37. The Hall–Kier alpha value is -2.00. The Kier molecular flexibility index (Phi) is 7.31. The number of hydrogen-bond acceptors (Lipinski definition) is 2. The maximum absolute atomic E-state index is 10.8. The molecule has 2 rings (SSSR count). The van der Waals surface area contributed by atoms with Gasteiger partial charge < -0.3 is 10.2 Å². The summed E-state index contributed by atoms with van der Waals surface area (Å²) in [4.78, 5) is 20.1. The van der Waals surface area contributed by atoms with E-state index in [0.29, 0.717) is 5.56 Å². The molecule has 0 saturated heterocycles. The van der Waals surface area contributed by atoms with Gasteiger partial charge in [-0.2, -0.15) is 0 Å². The van der Waals surface area contributed by atoms with Crippen molar-refractivity contribution < 1.29 is 39.3 Å². The molecule has 2 aromatic carbocycles. The molecule has 2 aromatic rings. The summed E-state index contributed by atoms with van der Waals surface area (Å²) in [5.74, 6) is -1.86. The Morgan fingerprint density at radius 1 is 1.00 bits per heavy atom. The largest absolute Gasteiger partial charge is 0.478 e. The first-order valence-electron chi connectivity index (χ1n) is 5.12. The number of carbonyl (C=O) groups is 2. The third-order valence-electron chi connectivity index (χ3n) is 2.19. The minimum absolute atomic E-state index is 0. The van der Waals surface area contributed by atoms with Gasteiger partial charge in [-0.1, -0.05) is 43.0 Å². The molecule has 2 N–H and O–H groups in total. The van der Waals surface area contributed by atoms with Crippen LogP contribution in [0.25, 0.3) is 10.8 Å². The van der Waals surface area contributed by atoms with Gasteiger partial charge in [-0.15, -0.1) is 0 Å². The fraction of sp³-hybridized carbons (Fsp3) is 0. The minimum atomic E-state index is -0.981. The van der Waals surface area contributed by atoms with E-state index in [4.69, 9.17) is 10.2 Å². The molecule has 0 aliphatic rings. The number of carboxylic acids is 2. The van der Waals surface area contributed by atoms with Crippen LogP contribution < -0.4 is 0 Å². The summed E-state index contributed by atoms with van der Waals surface area (Å²) in [5, 5.41) is 18.2. The first kappa shape index (κ1) is 17.0. The maximum Gasteiger partial charge on any atom is 0.336 e. The number of hydrogen-bond donors (Lipinski definition) is 2. The van der Waals surface area contributed by atoms with E-state index in [-0.39, 0.29) is 19.5 Å². The van der Waals surface area contributed by atoms with E-state index in [0.717, 1.165) is 16.8 Å². The molecule has 5 heteroatoms. The first-order valence-corrected chi connectivity index (χ1v) is 5.12. The van der Waals surface area contributed by atoms with Crippen molar-refractivity contribution in [3.05, 3.63) is 60.7 Å². The molecular formula is C14H12O4Zn. The van der Waals surface area contributed by atoms with Crippen molar-refractivity contribution in [3.8, 4) is 0 Å². The Morgan fingerprint density at radius 3 is 2.05 bits per heavy atom. The number of fused-ring (bicyclic) bond motifs is 1. The molecule has 0 unspecified atom stereocenters. The zero-order chi connectivity index (χ0) is 13.5. The van der Waals surface area contributed by atoms with E-state index in [1.54, 1.807) is 12.1 Å². The molecular weight excluding hydrogens is 298 g/mol. The van der Waals surface area contributed by atoms with Gasteiger partial charge in [0.15, 0.2) is 0 Å². The van der Waals surface area contributed by atoms with Gasteiger partial charge in [-0.05, 0) is 16.8 Å². The summed E-state index contributed by atoms with van der Waals surface area (Å²) < 4.78 is 0. The van der Waals surface area contributed by atoms with Crippen LogP contribution in [0.15, 0.2) is 55.1 Å². The number of benzene rings is 2. The Balaban J connectivity index is 0.000000471. The zero-order valence-electron chi connectivity index (χ0n) is 10.2. The summed E-state index contributed by atoms with van der Waals surface area (Å²) in [6.07, 6.45) is 0.833. The monoisotopic (exact) mass is 308 g/mol. The van der Waals surface area contributed by atoms with Crippen molar-refractivity contribution in [2.24, 2.45) is 0 Å². The van der Waals surface area contributed by atoms with E-state index in [9.17, 15) is 9.59 Å². The smallest absolute Gasteiger partial charge is 0.336 e. The first-order chi connectivity index (χ1) is 8.56. The normalized spacial score (nSPS) is 8.63. The number of aliphatic carboxylic acids is 1. The molecule has 0 bridgehead atoms. The summed E-state index contributed by atoms with van der Waals surface area (Å²) in [6, 6.07) is 12.7. The molecule has 0 atom stereocenters. The standard InChI is InChI=1S/C11H8O2.C3H4O2.Zn/c12-11(13)10-7-3-5-8-4-1-2-6-9(8)10;1-2-3(4)5;/h1-7H,(H,12,13);2H,1H2,(H,4,5);. The molecule has 94 valence electrons. The summed E-state index contributed by atoms with van der Waals surface area (Å²) >= 11 is 0. The molecule has 0 saturated carbocycles. The fourth-order valence-corrected chi connectivity index (χ4v) is 1.41. The average Bonchev–Trinajstić information content (AvgIpc) is 2.38. The fourth-order valence-electron chi connectivity index (χ4n) is 1.41. The molecule has 0 aliphatic heterocycles. The maximum atomic E-state index is 10.8. The molecule has 0 aliphatic carbocycles. The van der Waals surface area contributed by atoms with Gasteiger partial charge >= 0.3 is 11.9 Å². The van der Waals surface area contributed by atoms with Gasteiger partial charge in [0.2, 0.25) is 0 Å². The van der Waals surface area contributed by atoms with Crippen LogP contribution in [0.4, 0.5) is 0 Å². The van der Waals surface area contributed by atoms with Gasteiger partial charge in [0.25, 0.3) is 0 Å². The second-order valence-corrected chi connectivity index (χ2v) is 3.37. The van der Waals surface area contributed by atoms with E-state index in [2.05, 4.69) is 6.58 Å². The quantitative estimate of drug-likeness (QED) is 0.661. The van der Waals surface area contributed by atoms with Crippen LogP contribution in [-0.4, -0.2) is 22.2 Å². The zero-order valence-corrected chi connectivity index (χ0v) is 13.2. The third-order valence-corrected chi connectivity index (χ3v) is 2.19. The van der Waals surface area contributed by atoms with Crippen LogP contribution in [-0.2, 0) is 24.3 Å². The molecule has 0 heterocycles. The van der Waals surface area contributed by atoms with Crippen molar-refractivity contribution >= 4 is 22.7 Å². The Labute approximate surface area is 123 Å². The average molecular weight is 310 g/mol. The number of aromatic carboxylic acids is 1. The van der Waals surface area contributed by atoms with Crippen molar-refractivity contribution in [1.82, 2.24) is 0 Å². The number of carboxylic acid groups (broad SMARTS) is 2. The van der Waals surface area contributed by atoms with Gasteiger partial charge in [-0.3, -0.25) is 0 Å². The van der Waals surface area contributed by atoms with E-state index >= 15 is 0 Å². The van der Waals surface area contributed by atoms with Gasteiger partial charge in [0, 0.05) is 25.6 Å². The van der Waals surface area contributed by atoms with Crippen molar-refractivity contribution in [2.75, 3.05) is 0 Å². The minimum Gasteiger partial charge on any atom is -0.478 e. The van der Waals surface area contributed by atoms with E-state index in [1.807, 2.05) is 30.3 Å². The van der Waals surface area contributed by atoms with Crippen LogP contribution >= 0.6 is 0 Å². The van der Waals surface area contributed by atoms with Crippen LogP contribution in [0.2, 0.25) is 0 Å². The summed E-state index contributed by atoms with van der Waals surface area (Å²) in [6.45, 7) is 2.96. The van der Waals surface area contributed by atoms with Crippen LogP contribution in [0.3, 0.4) is 0 Å². The van der Waals surface area contributed by atoms with Gasteiger partial charge in [-0.25, -0.2) is 9.59 Å². The van der Waals surface area contributed by atoms with Crippen LogP contribution in [0.1, 0.15) is 10.4 Å².